The van der Waals surface area contributed by atoms with Crippen LogP contribution in [-0.4, -0.2) is 32.7 Å². The van der Waals surface area contributed by atoms with Crippen molar-refractivity contribution in [2.75, 3.05) is 13.1 Å². The largest absolute Gasteiger partial charge is 0.316 e. The summed E-state index contributed by atoms with van der Waals surface area (Å²) in [4.78, 5) is 8.60. The van der Waals surface area contributed by atoms with Crippen molar-refractivity contribution in [2.45, 2.75) is 18.8 Å². The smallest absolute Gasteiger partial charge is 0.252 e. The SMILES string of the molecule is c1cnc2nc(C3CCCNC3)nn2c1. The molecule has 2 aromatic rings. The molecule has 1 aliphatic heterocycles. The highest BCUT2D eigenvalue weighted by molar-refractivity contribution is 5.26. The fraction of sp³-hybridized carbons (Fsp3) is 0.500. The summed E-state index contributed by atoms with van der Waals surface area (Å²) in [6, 6.07) is 1.87. The third-order valence-corrected chi connectivity index (χ3v) is 2.80. The van der Waals surface area contributed by atoms with Crippen LogP contribution in [0.5, 0.6) is 0 Å². The molecule has 2 aromatic heterocycles. The maximum absolute atomic E-state index is 4.44. The topological polar surface area (TPSA) is 55.1 Å². The third-order valence-electron chi connectivity index (χ3n) is 2.80. The lowest BCUT2D eigenvalue weighted by Gasteiger charge is -2.19. The van der Waals surface area contributed by atoms with Crippen molar-refractivity contribution in [1.29, 1.82) is 0 Å². The van der Waals surface area contributed by atoms with Crippen molar-refractivity contribution in [3.05, 3.63) is 24.3 Å². The molecule has 1 aliphatic rings. The molecule has 1 N–H and O–H groups in total. The molecule has 78 valence electrons. The van der Waals surface area contributed by atoms with Crippen LogP contribution in [0.2, 0.25) is 0 Å². The molecule has 1 atom stereocenters. The summed E-state index contributed by atoms with van der Waals surface area (Å²) in [5, 5.41) is 7.81. The van der Waals surface area contributed by atoms with Crippen LogP contribution >= 0.6 is 0 Å². The van der Waals surface area contributed by atoms with Gasteiger partial charge in [-0.1, -0.05) is 0 Å². The minimum absolute atomic E-state index is 0.445. The second kappa shape index (κ2) is 3.58. The minimum atomic E-state index is 0.445. The molecule has 1 fully saturated rings. The molecule has 15 heavy (non-hydrogen) atoms. The van der Waals surface area contributed by atoms with E-state index in [-0.39, 0.29) is 0 Å². The summed E-state index contributed by atoms with van der Waals surface area (Å²) in [7, 11) is 0. The second-order valence-corrected chi connectivity index (χ2v) is 3.88. The van der Waals surface area contributed by atoms with Crippen LogP contribution in [0, 0.1) is 0 Å². The monoisotopic (exact) mass is 203 g/mol. The average molecular weight is 203 g/mol. The molecule has 0 saturated carbocycles. The summed E-state index contributed by atoms with van der Waals surface area (Å²) >= 11 is 0. The molecule has 0 aromatic carbocycles. The van der Waals surface area contributed by atoms with Gasteiger partial charge in [-0.05, 0) is 25.5 Å². The van der Waals surface area contributed by atoms with E-state index in [4.69, 9.17) is 0 Å². The molecule has 0 aliphatic carbocycles. The van der Waals surface area contributed by atoms with Crippen LogP contribution in [0.1, 0.15) is 24.6 Å². The quantitative estimate of drug-likeness (QED) is 0.737. The van der Waals surface area contributed by atoms with E-state index in [1.807, 2.05) is 12.3 Å². The lowest BCUT2D eigenvalue weighted by atomic mass is 9.99. The van der Waals surface area contributed by atoms with E-state index < -0.39 is 0 Å². The zero-order valence-corrected chi connectivity index (χ0v) is 8.43. The highest BCUT2D eigenvalue weighted by Gasteiger charge is 2.19. The summed E-state index contributed by atoms with van der Waals surface area (Å²) in [6.07, 6.45) is 6.00. The molecule has 0 bridgehead atoms. The first-order valence-electron chi connectivity index (χ1n) is 5.31. The van der Waals surface area contributed by atoms with Gasteiger partial charge < -0.3 is 5.32 Å². The molecule has 3 heterocycles. The molecule has 0 radical (unpaired) electrons. The Morgan fingerprint density at radius 2 is 2.47 bits per heavy atom. The first-order valence-corrected chi connectivity index (χ1v) is 5.31. The maximum Gasteiger partial charge on any atom is 0.252 e. The van der Waals surface area contributed by atoms with Gasteiger partial charge in [-0.2, -0.15) is 4.98 Å². The highest BCUT2D eigenvalue weighted by atomic mass is 15.3. The molecule has 0 amide bonds. The highest BCUT2D eigenvalue weighted by Crippen LogP contribution is 2.19. The summed E-state index contributed by atoms with van der Waals surface area (Å²) < 4.78 is 1.74. The van der Waals surface area contributed by atoms with Gasteiger partial charge in [0.2, 0.25) is 0 Å². The number of hydrogen-bond donors (Lipinski definition) is 1. The minimum Gasteiger partial charge on any atom is -0.316 e. The van der Waals surface area contributed by atoms with E-state index in [9.17, 15) is 0 Å². The Kier molecular flexibility index (Phi) is 2.10. The number of aromatic nitrogens is 4. The van der Waals surface area contributed by atoms with E-state index in [1.165, 1.54) is 12.8 Å². The lowest BCUT2D eigenvalue weighted by molar-refractivity contribution is 0.447. The van der Waals surface area contributed by atoms with E-state index in [1.54, 1.807) is 10.7 Å². The average Bonchev–Trinajstić information content (AvgIpc) is 2.74. The number of nitrogens with one attached hydrogen (secondary N) is 1. The van der Waals surface area contributed by atoms with Crippen LogP contribution in [0.25, 0.3) is 5.78 Å². The van der Waals surface area contributed by atoms with Gasteiger partial charge >= 0.3 is 0 Å². The number of rotatable bonds is 1. The second-order valence-electron chi connectivity index (χ2n) is 3.88. The predicted molar refractivity (Wildman–Crippen MR) is 55.6 cm³/mol. The summed E-state index contributed by atoms with van der Waals surface area (Å²) in [5.41, 5.74) is 0. The molecule has 1 saturated heterocycles. The van der Waals surface area contributed by atoms with Crippen molar-refractivity contribution in [2.24, 2.45) is 0 Å². The van der Waals surface area contributed by atoms with Crippen molar-refractivity contribution in [3.8, 4) is 0 Å². The normalized spacial score (nSPS) is 22.0. The Labute approximate surface area is 87.5 Å². The first-order chi connectivity index (χ1) is 7.43. The number of fused-ring (bicyclic) bond motifs is 1. The Morgan fingerprint density at radius 3 is 3.27 bits per heavy atom. The molecule has 5 heteroatoms. The maximum atomic E-state index is 4.44. The Balaban J connectivity index is 1.96. The van der Waals surface area contributed by atoms with Gasteiger partial charge in [-0.15, -0.1) is 5.10 Å². The summed E-state index contributed by atoms with van der Waals surface area (Å²) in [5.74, 6) is 2.06. The third kappa shape index (κ3) is 1.59. The molecular formula is C10H13N5. The van der Waals surface area contributed by atoms with Gasteiger partial charge in [0.25, 0.3) is 5.78 Å². The van der Waals surface area contributed by atoms with Crippen molar-refractivity contribution >= 4 is 5.78 Å². The Morgan fingerprint density at radius 1 is 1.47 bits per heavy atom. The van der Waals surface area contributed by atoms with Gasteiger partial charge in [-0.25, -0.2) is 9.50 Å². The lowest BCUT2D eigenvalue weighted by Crippen LogP contribution is -2.28. The van der Waals surface area contributed by atoms with Crippen LogP contribution in [0.15, 0.2) is 18.5 Å². The zero-order valence-electron chi connectivity index (χ0n) is 8.43. The van der Waals surface area contributed by atoms with Gasteiger partial charge in [-0.3, -0.25) is 0 Å². The fourth-order valence-electron chi connectivity index (χ4n) is 1.99. The fourth-order valence-corrected chi connectivity index (χ4v) is 1.99. The van der Waals surface area contributed by atoms with Gasteiger partial charge in [0.1, 0.15) is 0 Å². The van der Waals surface area contributed by atoms with E-state index in [2.05, 4.69) is 20.4 Å². The molecular weight excluding hydrogens is 190 g/mol. The number of hydrogen-bond acceptors (Lipinski definition) is 4. The van der Waals surface area contributed by atoms with Crippen LogP contribution in [-0.2, 0) is 0 Å². The molecule has 3 rings (SSSR count). The van der Waals surface area contributed by atoms with E-state index >= 15 is 0 Å². The first kappa shape index (κ1) is 8.79. The van der Waals surface area contributed by atoms with Crippen molar-refractivity contribution in [1.82, 2.24) is 24.9 Å². The predicted octanol–water partition coefficient (Wildman–Crippen LogP) is 0.591. The Hall–Kier alpha value is -1.49. The standard InChI is InChI=1S/C10H13N5/c1-3-8(7-11-4-1)9-13-10-12-5-2-6-15(10)14-9/h2,5-6,8,11H,1,3-4,7H2. The van der Waals surface area contributed by atoms with Crippen LogP contribution < -0.4 is 5.32 Å². The molecule has 1 unspecified atom stereocenters. The number of piperidine rings is 1. The summed E-state index contributed by atoms with van der Waals surface area (Å²) in [6.45, 7) is 2.10. The van der Waals surface area contributed by atoms with Crippen LogP contribution in [0.3, 0.4) is 0 Å². The molecule has 5 nitrogen and oxygen atoms in total. The van der Waals surface area contributed by atoms with E-state index in [0.29, 0.717) is 11.7 Å². The Bertz CT molecular complexity index is 425. The number of nitrogens with zero attached hydrogens (tertiary/aromatic N) is 4. The van der Waals surface area contributed by atoms with Crippen LogP contribution in [0.4, 0.5) is 0 Å². The van der Waals surface area contributed by atoms with Crippen molar-refractivity contribution < 1.29 is 0 Å². The van der Waals surface area contributed by atoms with Crippen molar-refractivity contribution in [3.63, 3.8) is 0 Å². The van der Waals surface area contributed by atoms with Gasteiger partial charge in [0, 0.05) is 24.9 Å². The van der Waals surface area contributed by atoms with Gasteiger partial charge in [0.05, 0.1) is 0 Å². The zero-order chi connectivity index (χ0) is 10.1. The van der Waals surface area contributed by atoms with E-state index in [0.717, 1.165) is 18.9 Å². The molecule has 0 spiro atoms. The van der Waals surface area contributed by atoms with Gasteiger partial charge in [0.15, 0.2) is 5.82 Å².